The van der Waals surface area contributed by atoms with Crippen LogP contribution in [0.1, 0.15) is 12.5 Å². The molecule has 0 unspecified atom stereocenters. The minimum atomic E-state index is 0.236. The second kappa shape index (κ2) is 7.53. The third-order valence-corrected chi connectivity index (χ3v) is 3.33. The Morgan fingerprint density at radius 1 is 1.53 bits per heavy atom. The number of allylic oxidation sites excluding steroid dienone is 1. The fourth-order valence-electron chi connectivity index (χ4n) is 2.04. The molecule has 1 fully saturated rings. The molecule has 1 aromatic carbocycles. The first-order valence-electron chi connectivity index (χ1n) is 6.64. The van der Waals surface area contributed by atoms with Gasteiger partial charge in [-0.1, -0.05) is 29.8 Å². The van der Waals surface area contributed by atoms with Gasteiger partial charge in [0.15, 0.2) is 0 Å². The Kier molecular flexibility index (Phi) is 5.70. The average Bonchev–Trinajstić information content (AvgIpc) is 2.43. The summed E-state index contributed by atoms with van der Waals surface area (Å²) in [5.41, 5.74) is 1.18. The highest BCUT2D eigenvalue weighted by molar-refractivity contribution is 6.32. The minimum Gasteiger partial charge on any atom is -0.488 e. The number of halogens is 1. The van der Waals surface area contributed by atoms with E-state index in [0.717, 1.165) is 31.9 Å². The SMILES string of the molecule is CC=CCOc1ccc(C[C@@H]2CNCCO2)cc1Cl. The number of hydrogen-bond acceptors (Lipinski definition) is 3. The van der Waals surface area contributed by atoms with E-state index in [0.29, 0.717) is 11.6 Å². The summed E-state index contributed by atoms with van der Waals surface area (Å²) in [7, 11) is 0. The Labute approximate surface area is 119 Å². The van der Waals surface area contributed by atoms with Gasteiger partial charge in [-0.2, -0.15) is 0 Å². The molecule has 0 spiro atoms. The highest BCUT2D eigenvalue weighted by atomic mass is 35.5. The van der Waals surface area contributed by atoms with Crippen LogP contribution in [0.25, 0.3) is 0 Å². The van der Waals surface area contributed by atoms with Crippen molar-refractivity contribution in [1.29, 1.82) is 0 Å². The van der Waals surface area contributed by atoms with Crippen molar-refractivity contribution in [3.8, 4) is 5.75 Å². The highest BCUT2D eigenvalue weighted by Crippen LogP contribution is 2.26. The summed E-state index contributed by atoms with van der Waals surface area (Å²) in [6.45, 7) is 5.13. The lowest BCUT2D eigenvalue weighted by Gasteiger charge is -2.23. The van der Waals surface area contributed by atoms with Crippen LogP contribution >= 0.6 is 11.6 Å². The first-order valence-corrected chi connectivity index (χ1v) is 7.02. The number of rotatable bonds is 5. The zero-order valence-electron chi connectivity index (χ0n) is 11.2. The van der Waals surface area contributed by atoms with Crippen molar-refractivity contribution < 1.29 is 9.47 Å². The van der Waals surface area contributed by atoms with Gasteiger partial charge in [-0.15, -0.1) is 0 Å². The first-order chi connectivity index (χ1) is 9.29. The standard InChI is InChI=1S/C15H20ClNO2/c1-2-3-7-19-15-5-4-12(10-14(15)16)9-13-11-17-6-8-18-13/h2-5,10,13,17H,6-9,11H2,1H3/t13-/m1/s1. The maximum atomic E-state index is 6.22. The minimum absolute atomic E-state index is 0.236. The van der Waals surface area contributed by atoms with Gasteiger partial charge >= 0.3 is 0 Å². The fourth-order valence-corrected chi connectivity index (χ4v) is 2.29. The third kappa shape index (κ3) is 4.53. The lowest BCUT2D eigenvalue weighted by Crippen LogP contribution is -2.39. The van der Waals surface area contributed by atoms with Crippen molar-refractivity contribution in [2.75, 3.05) is 26.3 Å². The van der Waals surface area contributed by atoms with Crippen molar-refractivity contribution in [3.63, 3.8) is 0 Å². The summed E-state index contributed by atoms with van der Waals surface area (Å²) in [6.07, 6.45) is 5.02. The summed E-state index contributed by atoms with van der Waals surface area (Å²) in [6, 6.07) is 5.94. The number of benzene rings is 1. The van der Waals surface area contributed by atoms with E-state index < -0.39 is 0 Å². The molecule has 3 nitrogen and oxygen atoms in total. The molecule has 0 radical (unpaired) electrons. The van der Waals surface area contributed by atoms with Crippen molar-refractivity contribution in [2.24, 2.45) is 0 Å². The van der Waals surface area contributed by atoms with Crippen LogP contribution in [-0.4, -0.2) is 32.4 Å². The van der Waals surface area contributed by atoms with E-state index in [4.69, 9.17) is 21.1 Å². The molecule has 104 valence electrons. The fraction of sp³-hybridized carbons (Fsp3) is 0.467. The van der Waals surface area contributed by atoms with E-state index in [-0.39, 0.29) is 6.10 Å². The van der Waals surface area contributed by atoms with Gasteiger partial charge in [0.1, 0.15) is 12.4 Å². The summed E-state index contributed by atoms with van der Waals surface area (Å²) in [4.78, 5) is 0. The van der Waals surface area contributed by atoms with Crippen LogP contribution in [0.2, 0.25) is 5.02 Å². The molecule has 0 amide bonds. The van der Waals surface area contributed by atoms with Gasteiger partial charge in [0, 0.05) is 13.1 Å². The summed E-state index contributed by atoms with van der Waals surface area (Å²) < 4.78 is 11.2. The first kappa shape index (κ1) is 14.4. The maximum Gasteiger partial charge on any atom is 0.138 e. The molecule has 1 atom stereocenters. The Morgan fingerprint density at radius 3 is 3.11 bits per heavy atom. The number of nitrogens with one attached hydrogen (secondary N) is 1. The topological polar surface area (TPSA) is 30.5 Å². The van der Waals surface area contributed by atoms with E-state index in [1.807, 2.05) is 31.2 Å². The van der Waals surface area contributed by atoms with E-state index >= 15 is 0 Å². The molecule has 2 rings (SSSR count). The van der Waals surface area contributed by atoms with Crippen LogP contribution in [-0.2, 0) is 11.2 Å². The van der Waals surface area contributed by atoms with Gasteiger partial charge in [-0.25, -0.2) is 0 Å². The van der Waals surface area contributed by atoms with Crippen molar-refractivity contribution in [1.82, 2.24) is 5.32 Å². The molecule has 1 saturated heterocycles. The Hall–Kier alpha value is -1.03. The summed E-state index contributed by atoms with van der Waals surface area (Å²) in [5, 5.41) is 3.98. The molecule has 1 heterocycles. The smallest absolute Gasteiger partial charge is 0.138 e. The predicted octanol–water partition coefficient (Wildman–Crippen LogP) is 2.83. The van der Waals surface area contributed by atoms with E-state index in [9.17, 15) is 0 Å². The lowest BCUT2D eigenvalue weighted by molar-refractivity contribution is 0.0292. The Bertz CT molecular complexity index is 428. The molecule has 0 aliphatic carbocycles. The quantitative estimate of drug-likeness (QED) is 0.842. The number of morpholine rings is 1. The molecule has 4 heteroatoms. The molecule has 1 aromatic rings. The Morgan fingerprint density at radius 2 is 2.42 bits per heavy atom. The molecule has 1 aliphatic rings. The molecule has 0 saturated carbocycles. The summed E-state index contributed by atoms with van der Waals surface area (Å²) >= 11 is 6.22. The molecule has 19 heavy (non-hydrogen) atoms. The largest absolute Gasteiger partial charge is 0.488 e. The van der Waals surface area contributed by atoms with Crippen LogP contribution in [0.15, 0.2) is 30.4 Å². The normalized spacial score (nSPS) is 19.8. The molecular weight excluding hydrogens is 262 g/mol. The number of hydrogen-bond donors (Lipinski definition) is 1. The van der Waals surface area contributed by atoms with Crippen molar-refractivity contribution in [2.45, 2.75) is 19.4 Å². The average molecular weight is 282 g/mol. The van der Waals surface area contributed by atoms with Gasteiger partial charge in [0.2, 0.25) is 0 Å². The summed E-state index contributed by atoms with van der Waals surface area (Å²) in [5.74, 6) is 0.728. The van der Waals surface area contributed by atoms with Gasteiger partial charge in [-0.3, -0.25) is 0 Å². The molecule has 0 aromatic heterocycles. The lowest BCUT2D eigenvalue weighted by atomic mass is 10.1. The van der Waals surface area contributed by atoms with Crippen LogP contribution in [0.4, 0.5) is 0 Å². The Balaban J connectivity index is 1.93. The van der Waals surface area contributed by atoms with Crippen LogP contribution in [0.3, 0.4) is 0 Å². The maximum absolute atomic E-state index is 6.22. The van der Waals surface area contributed by atoms with Gasteiger partial charge in [0.25, 0.3) is 0 Å². The van der Waals surface area contributed by atoms with Crippen LogP contribution < -0.4 is 10.1 Å². The van der Waals surface area contributed by atoms with E-state index in [2.05, 4.69) is 11.4 Å². The van der Waals surface area contributed by atoms with Crippen molar-refractivity contribution >= 4 is 11.6 Å². The van der Waals surface area contributed by atoms with Gasteiger partial charge in [0.05, 0.1) is 17.7 Å². The van der Waals surface area contributed by atoms with Crippen LogP contribution in [0.5, 0.6) is 5.75 Å². The van der Waals surface area contributed by atoms with E-state index in [1.165, 1.54) is 5.56 Å². The van der Waals surface area contributed by atoms with Gasteiger partial charge < -0.3 is 14.8 Å². The predicted molar refractivity (Wildman–Crippen MR) is 78.1 cm³/mol. The molecule has 0 bridgehead atoms. The highest BCUT2D eigenvalue weighted by Gasteiger charge is 2.14. The number of ether oxygens (including phenoxy) is 2. The monoisotopic (exact) mass is 281 g/mol. The molecular formula is C15H20ClNO2. The molecule has 1 aliphatic heterocycles. The molecule has 1 N–H and O–H groups in total. The van der Waals surface area contributed by atoms with Crippen LogP contribution in [0, 0.1) is 0 Å². The second-order valence-electron chi connectivity index (χ2n) is 4.55. The van der Waals surface area contributed by atoms with Crippen molar-refractivity contribution in [3.05, 3.63) is 40.9 Å². The zero-order chi connectivity index (χ0) is 13.5. The second-order valence-corrected chi connectivity index (χ2v) is 4.95. The zero-order valence-corrected chi connectivity index (χ0v) is 12.0. The third-order valence-electron chi connectivity index (χ3n) is 3.03. The van der Waals surface area contributed by atoms with E-state index in [1.54, 1.807) is 0 Å². The van der Waals surface area contributed by atoms with Gasteiger partial charge in [-0.05, 0) is 31.0 Å².